The molecule has 0 spiro atoms. The summed E-state index contributed by atoms with van der Waals surface area (Å²) in [6.07, 6.45) is 3.18. The second-order valence-corrected chi connectivity index (χ2v) is 4.48. The molecule has 0 fully saturated rings. The standard InChI is InChI=1S/C14H16N2O5/c1-9(16-14(19)10-4-6-20-8-10)13(18)15-7-11(17)12-3-2-5-21-12/h2-6,8-9,11,17H,7H2,1H3,(H,15,18)(H,16,19). The van der Waals surface area contributed by atoms with Gasteiger partial charge in [-0.2, -0.15) is 0 Å². The predicted octanol–water partition coefficient (Wildman–Crippen LogP) is 0.841. The van der Waals surface area contributed by atoms with E-state index in [4.69, 9.17) is 8.83 Å². The molecule has 2 aromatic rings. The molecule has 0 saturated carbocycles. The van der Waals surface area contributed by atoms with E-state index in [1.54, 1.807) is 19.1 Å². The smallest absolute Gasteiger partial charge is 0.255 e. The normalized spacial score (nSPS) is 13.4. The molecule has 0 aliphatic rings. The maximum Gasteiger partial charge on any atom is 0.255 e. The molecular weight excluding hydrogens is 276 g/mol. The first-order valence-electron chi connectivity index (χ1n) is 6.40. The first kappa shape index (κ1) is 14.9. The van der Waals surface area contributed by atoms with E-state index in [0.29, 0.717) is 11.3 Å². The third-order valence-corrected chi connectivity index (χ3v) is 2.87. The van der Waals surface area contributed by atoms with Gasteiger partial charge < -0.3 is 24.6 Å². The van der Waals surface area contributed by atoms with Gasteiger partial charge in [-0.1, -0.05) is 0 Å². The molecule has 2 aromatic heterocycles. The number of carbonyl (C=O) groups is 2. The second-order valence-electron chi connectivity index (χ2n) is 4.48. The molecule has 112 valence electrons. The molecular formula is C14H16N2O5. The van der Waals surface area contributed by atoms with E-state index in [-0.39, 0.29) is 6.54 Å². The van der Waals surface area contributed by atoms with Crippen LogP contribution in [0.5, 0.6) is 0 Å². The van der Waals surface area contributed by atoms with E-state index in [1.807, 2.05) is 0 Å². The van der Waals surface area contributed by atoms with E-state index in [1.165, 1.54) is 24.9 Å². The van der Waals surface area contributed by atoms with Crippen molar-refractivity contribution in [2.24, 2.45) is 0 Å². The third-order valence-electron chi connectivity index (χ3n) is 2.87. The molecule has 0 aromatic carbocycles. The van der Waals surface area contributed by atoms with Crippen LogP contribution in [0.3, 0.4) is 0 Å². The van der Waals surface area contributed by atoms with Crippen molar-refractivity contribution < 1.29 is 23.5 Å². The molecule has 0 aliphatic heterocycles. The molecule has 3 N–H and O–H groups in total. The lowest BCUT2D eigenvalue weighted by Crippen LogP contribution is -2.45. The van der Waals surface area contributed by atoms with Crippen LogP contribution in [0, 0.1) is 0 Å². The largest absolute Gasteiger partial charge is 0.472 e. The first-order valence-corrected chi connectivity index (χ1v) is 6.40. The van der Waals surface area contributed by atoms with Crippen LogP contribution in [0.2, 0.25) is 0 Å². The van der Waals surface area contributed by atoms with Crippen LogP contribution in [0.25, 0.3) is 0 Å². The van der Waals surface area contributed by atoms with Crippen LogP contribution >= 0.6 is 0 Å². The van der Waals surface area contributed by atoms with Crippen molar-refractivity contribution >= 4 is 11.8 Å². The Morgan fingerprint density at radius 1 is 1.33 bits per heavy atom. The van der Waals surface area contributed by atoms with Crippen molar-refractivity contribution in [2.45, 2.75) is 19.1 Å². The molecule has 2 rings (SSSR count). The molecule has 0 saturated heterocycles. The van der Waals surface area contributed by atoms with Gasteiger partial charge in [-0.25, -0.2) is 0 Å². The molecule has 2 atom stereocenters. The third kappa shape index (κ3) is 3.96. The zero-order chi connectivity index (χ0) is 15.2. The Balaban J connectivity index is 1.79. The Morgan fingerprint density at radius 2 is 2.14 bits per heavy atom. The summed E-state index contributed by atoms with van der Waals surface area (Å²) in [4.78, 5) is 23.6. The fourth-order valence-electron chi connectivity index (χ4n) is 1.67. The van der Waals surface area contributed by atoms with Gasteiger partial charge in [0.05, 0.1) is 24.6 Å². The van der Waals surface area contributed by atoms with Gasteiger partial charge in [0.15, 0.2) is 0 Å². The van der Waals surface area contributed by atoms with Crippen LogP contribution in [0.4, 0.5) is 0 Å². The van der Waals surface area contributed by atoms with Crippen LogP contribution in [-0.4, -0.2) is 29.5 Å². The minimum absolute atomic E-state index is 0.00172. The van der Waals surface area contributed by atoms with Gasteiger partial charge in [0.1, 0.15) is 24.2 Å². The van der Waals surface area contributed by atoms with Crippen molar-refractivity contribution in [1.82, 2.24) is 10.6 Å². The highest BCUT2D eigenvalue weighted by Gasteiger charge is 2.18. The van der Waals surface area contributed by atoms with Gasteiger partial charge in [0.25, 0.3) is 5.91 Å². The molecule has 2 unspecified atom stereocenters. The molecule has 21 heavy (non-hydrogen) atoms. The molecule has 0 aliphatic carbocycles. The zero-order valence-corrected chi connectivity index (χ0v) is 11.4. The predicted molar refractivity (Wildman–Crippen MR) is 72.3 cm³/mol. The number of carbonyl (C=O) groups excluding carboxylic acids is 2. The second kappa shape index (κ2) is 6.76. The quantitative estimate of drug-likeness (QED) is 0.732. The number of aliphatic hydroxyl groups is 1. The van der Waals surface area contributed by atoms with Crippen LogP contribution in [0.15, 0.2) is 45.8 Å². The number of amides is 2. The maximum atomic E-state index is 11.8. The van der Waals surface area contributed by atoms with Crippen molar-refractivity contribution in [2.75, 3.05) is 6.54 Å². The van der Waals surface area contributed by atoms with E-state index >= 15 is 0 Å². The van der Waals surface area contributed by atoms with E-state index < -0.39 is 24.0 Å². The van der Waals surface area contributed by atoms with Crippen molar-refractivity contribution in [3.05, 3.63) is 48.3 Å². The van der Waals surface area contributed by atoms with Gasteiger partial charge in [-0.3, -0.25) is 9.59 Å². The van der Waals surface area contributed by atoms with E-state index in [0.717, 1.165) is 0 Å². The fourth-order valence-corrected chi connectivity index (χ4v) is 1.67. The summed E-state index contributed by atoms with van der Waals surface area (Å²) in [7, 11) is 0. The maximum absolute atomic E-state index is 11.8. The van der Waals surface area contributed by atoms with Crippen LogP contribution in [-0.2, 0) is 4.79 Å². The molecule has 7 nitrogen and oxygen atoms in total. The van der Waals surface area contributed by atoms with E-state index in [2.05, 4.69) is 10.6 Å². The highest BCUT2D eigenvalue weighted by molar-refractivity contribution is 5.97. The number of furan rings is 2. The number of hydrogen-bond donors (Lipinski definition) is 3. The lowest BCUT2D eigenvalue weighted by atomic mass is 10.2. The minimum atomic E-state index is -0.930. The highest BCUT2D eigenvalue weighted by Crippen LogP contribution is 2.11. The van der Waals surface area contributed by atoms with Gasteiger partial charge in [-0.15, -0.1) is 0 Å². The van der Waals surface area contributed by atoms with E-state index in [9.17, 15) is 14.7 Å². The van der Waals surface area contributed by atoms with Gasteiger partial charge in [0.2, 0.25) is 5.91 Å². The number of rotatable bonds is 6. The Morgan fingerprint density at radius 3 is 2.76 bits per heavy atom. The van der Waals surface area contributed by atoms with Gasteiger partial charge >= 0.3 is 0 Å². The molecule has 0 radical (unpaired) electrons. The average Bonchev–Trinajstić information content (AvgIpc) is 3.15. The number of hydrogen-bond acceptors (Lipinski definition) is 5. The molecule has 0 bridgehead atoms. The number of nitrogens with one attached hydrogen (secondary N) is 2. The van der Waals surface area contributed by atoms with Gasteiger partial charge in [0, 0.05) is 0 Å². The first-order chi connectivity index (χ1) is 10.1. The Bertz CT molecular complexity index is 577. The lowest BCUT2D eigenvalue weighted by molar-refractivity contribution is -0.123. The summed E-state index contributed by atoms with van der Waals surface area (Å²) >= 11 is 0. The molecule has 2 heterocycles. The number of aliphatic hydroxyl groups excluding tert-OH is 1. The Hall–Kier alpha value is -2.54. The van der Waals surface area contributed by atoms with Crippen molar-refractivity contribution in [1.29, 1.82) is 0 Å². The SMILES string of the molecule is CC(NC(=O)c1ccoc1)C(=O)NCC(O)c1ccco1. The molecule has 2 amide bonds. The summed E-state index contributed by atoms with van der Waals surface area (Å²) in [6, 6.07) is 4.02. The minimum Gasteiger partial charge on any atom is -0.472 e. The fraction of sp³-hybridized carbons (Fsp3) is 0.286. The van der Waals surface area contributed by atoms with Crippen molar-refractivity contribution in [3.8, 4) is 0 Å². The zero-order valence-electron chi connectivity index (χ0n) is 11.4. The average molecular weight is 292 g/mol. The van der Waals surface area contributed by atoms with Gasteiger partial charge in [-0.05, 0) is 25.1 Å². The summed E-state index contributed by atoms with van der Waals surface area (Å²) in [5.74, 6) is -0.444. The summed E-state index contributed by atoms with van der Waals surface area (Å²) < 4.78 is 9.81. The highest BCUT2D eigenvalue weighted by atomic mass is 16.4. The summed E-state index contributed by atoms with van der Waals surface area (Å²) in [5, 5.41) is 14.8. The Kier molecular flexibility index (Phi) is 4.78. The molecule has 7 heteroatoms. The van der Waals surface area contributed by atoms with Crippen LogP contribution < -0.4 is 10.6 Å². The lowest BCUT2D eigenvalue weighted by Gasteiger charge is -2.15. The topological polar surface area (TPSA) is 105 Å². The van der Waals surface area contributed by atoms with Crippen LogP contribution in [0.1, 0.15) is 29.1 Å². The summed E-state index contributed by atoms with van der Waals surface area (Å²) in [6.45, 7) is 1.55. The summed E-state index contributed by atoms with van der Waals surface area (Å²) in [5.41, 5.74) is 0.338. The Labute approximate surface area is 120 Å². The monoisotopic (exact) mass is 292 g/mol. The van der Waals surface area contributed by atoms with Crippen molar-refractivity contribution in [3.63, 3.8) is 0 Å².